The number of nitrogens with zero attached hydrogens (tertiary/aromatic N) is 2. The van der Waals surface area contributed by atoms with Crippen LogP contribution in [0.3, 0.4) is 0 Å². The van der Waals surface area contributed by atoms with E-state index in [1.807, 2.05) is 0 Å². The molecule has 0 aromatic heterocycles. The number of halogens is 4. The van der Waals surface area contributed by atoms with Gasteiger partial charge in [-0.3, -0.25) is 0 Å². The highest BCUT2D eigenvalue weighted by Crippen LogP contribution is 2.71. The summed E-state index contributed by atoms with van der Waals surface area (Å²) in [4.78, 5) is 31.6. The fraction of sp³-hybridized carbons (Fsp3) is 1.00. The molecule has 0 radical (unpaired) electrons. The van der Waals surface area contributed by atoms with Crippen molar-refractivity contribution in [3.63, 3.8) is 0 Å². The molecule has 4 bridgehead atoms. The molecule has 0 N–H and O–H groups in total. The van der Waals surface area contributed by atoms with Gasteiger partial charge in [-0.1, -0.05) is 63.7 Å². The van der Waals surface area contributed by atoms with Gasteiger partial charge in [-0.25, -0.2) is 0 Å². The van der Waals surface area contributed by atoms with E-state index in [9.17, 15) is 20.2 Å². The van der Waals surface area contributed by atoms with Gasteiger partial charge in [-0.15, -0.1) is 20.2 Å². The average Bonchev–Trinajstić information content (AvgIpc) is 2.26. The second-order valence-electron chi connectivity index (χ2n) is 6.26. The van der Waals surface area contributed by atoms with Crippen LogP contribution in [-0.4, -0.2) is 39.7 Å². The Morgan fingerprint density at radius 1 is 0.727 bits per heavy atom. The third-order valence-corrected chi connectivity index (χ3v) is 8.52. The summed E-state index contributed by atoms with van der Waals surface area (Å²) in [6.07, 6.45) is 0.274. The molecule has 124 valence electrons. The Bertz CT molecular complexity index is 472. The van der Waals surface area contributed by atoms with Gasteiger partial charge in [0.15, 0.2) is 0 Å². The molecular formula is C10H10Br4N2O6. The molecule has 4 rings (SSSR count). The van der Waals surface area contributed by atoms with Gasteiger partial charge in [0.2, 0.25) is 0 Å². The van der Waals surface area contributed by atoms with Crippen LogP contribution >= 0.6 is 63.7 Å². The van der Waals surface area contributed by atoms with Crippen LogP contribution in [0.15, 0.2) is 0 Å². The van der Waals surface area contributed by atoms with Gasteiger partial charge >= 0.3 is 0 Å². The van der Waals surface area contributed by atoms with E-state index in [1.165, 1.54) is 0 Å². The lowest BCUT2D eigenvalue weighted by Gasteiger charge is -2.69. The van der Waals surface area contributed by atoms with Gasteiger partial charge < -0.3 is 9.68 Å². The summed E-state index contributed by atoms with van der Waals surface area (Å²) >= 11 is 14.4. The van der Waals surface area contributed by atoms with Crippen LogP contribution in [-0.2, 0) is 9.68 Å². The monoisotopic (exact) mass is 570 g/mol. The molecule has 0 heterocycles. The van der Waals surface area contributed by atoms with E-state index in [0.717, 1.165) is 0 Å². The molecular weight excluding hydrogens is 564 g/mol. The Kier molecular flexibility index (Phi) is 3.83. The Hall–Kier alpha value is 0.320. The maximum Gasteiger partial charge on any atom is 0.294 e. The SMILES string of the molecule is O=[N+]([O-])OC1C2(Br)CC3(Br)CC1(Br)CC(Br)(C2)C3O[N+](=O)[O-]. The molecule has 12 heteroatoms. The van der Waals surface area contributed by atoms with Crippen molar-refractivity contribution < 1.29 is 19.8 Å². The summed E-state index contributed by atoms with van der Waals surface area (Å²) in [5.41, 5.74) is 0. The summed E-state index contributed by atoms with van der Waals surface area (Å²) in [6, 6.07) is 0. The standard InChI is InChI=1S/C10H10Br4N2O6/c11-7-1-8(12)3-10(14,5(7)21-15(17)18)4-9(13,2-7)6(8)22-16(19)20/h5-6H,1-4H2. The van der Waals surface area contributed by atoms with E-state index in [1.54, 1.807) is 0 Å². The minimum Gasteiger partial charge on any atom is -0.308 e. The van der Waals surface area contributed by atoms with E-state index >= 15 is 0 Å². The zero-order valence-corrected chi connectivity index (χ0v) is 17.2. The lowest BCUT2D eigenvalue weighted by atomic mass is 9.53. The van der Waals surface area contributed by atoms with Crippen LogP contribution in [0.1, 0.15) is 25.7 Å². The minimum atomic E-state index is -0.786. The molecule has 8 nitrogen and oxygen atoms in total. The largest absolute Gasteiger partial charge is 0.308 e. The number of rotatable bonds is 4. The molecule has 0 spiro atoms. The summed E-state index contributed by atoms with van der Waals surface area (Å²) in [5.74, 6) is 0. The normalized spacial score (nSPS) is 52.4. The molecule has 0 aromatic rings. The Morgan fingerprint density at radius 2 is 0.955 bits per heavy atom. The average molecular weight is 574 g/mol. The first-order valence-corrected chi connectivity index (χ1v) is 9.48. The molecule has 0 unspecified atom stereocenters. The van der Waals surface area contributed by atoms with Crippen LogP contribution in [0, 0.1) is 20.2 Å². The molecule has 0 atom stereocenters. The second-order valence-corrected chi connectivity index (χ2v) is 12.6. The van der Waals surface area contributed by atoms with Gasteiger partial charge in [0.05, 0.1) is 17.3 Å². The smallest absolute Gasteiger partial charge is 0.294 e. The van der Waals surface area contributed by atoms with E-state index in [0.29, 0.717) is 25.7 Å². The molecule has 4 aliphatic carbocycles. The Balaban J connectivity index is 2.03. The van der Waals surface area contributed by atoms with Gasteiger partial charge in [-0.05, 0) is 25.7 Å². The third-order valence-electron chi connectivity index (χ3n) is 4.61. The zero-order valence-electron chi connectivity index (χ0n) is 10.8. The van der Waals surface area contributed by atoms with E-state index < -0.39 is 39.7 Å². The van der Waals surface area contributed by atoms with Crippen molar-refractivity contribution in [2.75, 3.05) is 0 Å². The van der Waals surface area contributed by atoms with E-state index in [4.69, 9.17) is 9.68 Å². The molecule has 4 aliphatic rings. The van der Waals surface area contributed by atoms with Crippen molar-refractivity contribution in [3.05, 3.63) is 20.2 Å². The predicted octanol–water partition coefficient (Wildman–Crippen LogP) is 3.28. The number of hydrogen-bond acceptors (Lipinski definition) is 6. The Labute approximate surface area is 158 Å². The van der Waals surface area contributed by atoms with Gasteiger partial charge in [0.1, 0.15) is 12.2 Å². The van der Waals surface area contributed by atoms with Crippen molar-refractivity contribution in [1.29, 1.82) is 0 Å². The van der Waals surface area contributed by atoms with Crippen LogP contribution in [0.5, 0.6) is 0 Å². The second kappa shape index (κ2) is 4.92. The highest BCUT2D eigenvalue weighted by Gasteiger charge is 2.76. The van der Waals surface area contributed by atoms with Crippen molar-refractivity contribution in [1.82, 2.24) is 0 Å². The molecule has 0 aromatic carbocycles. The predicted molar refractivity (Wildman–Crippen MR) is 88.8 cm³/mol. The molecule has 0 saturated heterocycles. The zero-order chi connectivity index (χ0) is 16.6. The molecule has 4 fully saturated rings. The third kappa shape index (κ3) is 2.39. The van der Waals surface area contributed by atoms with Crippen LogP contribution in [0.4, 0.5) is 0 Å². The summed E-state index contributed by atoms with van der Waals surface area (Å²) in [7, 11) is 0. The van der Waals surface area contributed by atoms with Crippen LogP contribution < -0.4 is 0 Å². The lowest BCUT2D eigenvalue weighted by Crippen LogP contribution is -2.78. The fourth-order valence-electron chi connectivity index (χ4n) is 4.42. The molecule has 22 heavy (non-hydrogen) atoms. The van der Waals surface area contributed by atoms with Crippen molar-refractivity contribution in [2.45, 2.75) is 55.2 Å². The van der Waals surface area contributed by atoms with E-state index in [2.05, 4.69) is 63.7 Å². The van der Waals surface area contributed by atoms with Gasteiger partial charge in [0, 0.05) is 0 Å². The maximum absolute atomic E-state index is 10.8. The topological polar surface area (TPSA) is 105 Å². The first-order chi connectivity index (χ1) is 9.93. The highest BCUT2D eigenvalue weighted by atomic mass is 79.9. The highest BCUT2D eigenvalue weighted by molar-refractivity contribution is 9.12. The number of alkyl halides is 4. The van der Waals surface area contributed by atoms with Crippen LogP contribution in [0.25, 0.3) is 0 Å². The van der Waals surface area contributed by atoms with E-state index in [-0.39, 0.29) is 0 Å². The van der Waals surface area contributed by atoms with Crippen LogP contribution in [0.2, 0.25) is 0 Å². The first-order valence-electron chi connectivity index (χ1n) is 6.31. The van der Waals surface area contributed by atoms with Crippen molar-refractivity contribution in [3.8, 4) is 0 Å². The van der Waals surface area contributed by atoms with Crippen molar-refractivity contribution >= 4 is 63.7 Å². The minimum absolute atomic E-state index is 0.414. The first kappa shape index (κ1) is 17.2. The maximum atomic E-state index is 10.8. The van der Waals surface area contributed by atoms with Crippen molar-refractivity contribution in [2.24, 2.45) is 0 Å². The quantitative estimate of drug-likeness (QED) is 0.290. The van der Waals surface area contributed by atoms with Gasteiger partial charge in [0.25, 0.3) is 10.2 Å². The summed E-state index contributed by atoms with van der Waals surface area (Å²) in [5, 5.41) is 20.1. The summed E-state index contributed by atoms with van der Waals surface area (Å²) < 4.78 is -2.76. The molecule has 4 saturated carbocycles. The summed E-state index contributed by atoms with van der Waals surface area (Å²) in [6.45, 7) is 0. The Morgan fingerprint density at radius 3 is 1.14 bits per heavy atom. The fourth-order valence-corrected chi connectivity index (χ4v) is 12.6. The molecule has 0 aliphatic heterocycles. The molecule has 0 amide bonds. The lowest BCUT2D eigenvalue weighted by molar-refractivity contribution is -0.778. The number of hydrogen-bond donors (Lipinski definition) is 0. The van der Waals surface area contributed by atoms with Gasteiger partial charge in [-0.2, -0.15) is 0 Å².